The number of amides is 1. The molecular weight excluding hydrogens is 617 g/mol. The van der Waals surface area contributed by atoms with E-state index in [0.717, 1.165) is 41.1 Å². The Balaban J connectivity index is 2.62. The van der Waals surface area contributed by atoms with Crippen molar-refractivity contribution < 1.29 is 23.2 Å². The Morgan fingerprint density at radius 3 is 2.29 bits per heavy atom. The van der Waals surface area contributed by atoms with Crippen molar-refractivity contribution in [2.75, 3.05) is 7.11 Å². The van der Waals surface area contributed by atoms with E-state index >= 15 is 0 Å². The van der Waals surface area contributed by atoms with Crippen LogP contribution < -0.4 is 5.32 Å². The Morgan fingerprint density at radius 1 is 1.09 bits per heavy atom. The monoisotopic (exact) mass is 676 g/mol. The molecule has 0 saturated carbocycles. The standard InChI is InChI=1S/C35H60N2O5SSi2/c1-24-15-14-16-28(19-20-40-7)17-18-30(25(2)21-29-23-43-27(4)36-29)37-32(38)22-31(41-44(8,9)10)35(5,6)34(39)26(3)33(24)42-45(11,12)13/h17,19-21,23-24,26,30-31,33H,14-16,18,22H2,1-13H3,(H,37,38)/t24?,26?,30-,31?,33?/m0/s1. The molecule has 10 heteroatoms. The number of ether oxygens (including phenoxy) is 1. The highest BCUT2D eigenvalue weighted by Gasteiger charge is 2.46. The predicted octanol–water partition coefficient (Wildman–Crippen LogP) is 8.70. The van der Waals surface area contributed by atoms with Gasteiger partial charge >= 0.3 is 0 Å². The van der Waals surface area contributed by atoms with Crippen molar-refractivity contribution in [2.24, 2.45) is 17.3 Å². The van der Waals surface area contributed by atoms with Crippen LogP contribution in [0.1, 0.15) is 77.4 Å². The van der Waals surface area contributed by atoms with Crippen LogP contribution in [-0.4, -0.2) is 58.7 Å². The van der Waals surface area contributed by atoms with Gasteiger partial charge in [0.2, 0.25) is 5.91 Å². The van der Waals surface area contributed by atoms with E-state index in [0.29, 0.717) is 6.42 Å². The second-order valence-corrected chi connectivity index (χ2v) is 25.2. The van der Waals surface area contributed by atoms with Crippen LogP contribution in [0.15, 0.2) is 34.9 Å². The second kappa shape index (κ2) is 16.8. The van der Waals surface area contributed by atoms with E-state index in [2.05, 4.69) is 68.7 Å². The van der Waals surface area contributed by atoms with E-state index in [-0.39, 0.29) is 42.1 Å². The Bertz CT molecular complexity index is 1230. The molecule has 0 fully saturated rings. The second-order valence-electron chi connectivity index (χ2n) is 15.2. The van der Waals surface area contributed by atoms with Gasteiger partial charge in [-0.1, -0.05) is 33.8 Å². The van der Waals surface area contributed by atoms with Crippen LogP contribution in [-0.2, 0) is 23.2 Å². The van der Waals surface area contributed by atoms with Gasteiger partial charge in [0.15, 0.2) is 16.6 Å². The fourth-order valence-corrected chi connectivity index (χ4v) is 8.97. The molecule has 4 unspecified atom stereocenters. The fourth-order valence-electron chi connectivity index (χ4n) is 5.92. The van der Waals surface area contributed by atoms with Crippen molar-refractivity contribution in [3.8, 4) is 0 Å². The zero-order chi connectivity index (χ0) is 34.2. The number of thiazole rings is 1. The molecule has 7 nitrogen and oxygen atoms in total. The van der Waals surface area contributed by atoms with Crippen LogP contribution >= 0.6 is 11.3 Å². The van der Waals surface area contributed by atoms with E-state index in [1.165, 1.54) is 0 Å². The number of carbonyl (C=O) groups is 2. The van der Waals surface area contributed by atoms with E-state index in [1.54, 1.807) is 24.7 Å². The van der Waals surface area contributed by atoms with Crippen LogP contribution in [0.5, 0.6) is 0 Å². The van der Waals surface area contributed by atoms with Crippen molar-refractivity contribution in [2.45, 2.75) is 131 Å². The van der Waals surface area contributed by atoms with Crippen LogP contribution in [0.2, 0.25) is 39.3 Å². The number of methoxy groups -OCH3 is 1. The summed E-state index contributed by atoms with van der Waals surface area (Å²) < 4.78 is 18.7. The highest BCUT2D eigenvalue weighted by Crippen LogP contribution is 2.37. The molecular formula is C35H60N2O5SSi2. The van der Waals surface area contributed by atoms with E-state index in [4.69, 9.17) is 13.6 Å². The molecule has 1 aliphatic heterocycles. The smallest absolute Gasteiger partial charge is 0.223 e. The predicted molar refractivity (Wildman–Crippen MR) is 193 cm³/mol. The molecule has 2 rings (SSSR count). The molecule has 1 N–H and O–H groups in total. The number of ketones is 1. The molecule has 254 valence electrons. The first-order valence-corrected chi connectivity index (χ1v) is 24.1. The van der Waals surface area contributed by atoms with E-state index in [1.807, 2.05) is 46.1 Å². The number of nitrogens with zero attached hydrogens (tertiary/aromatic N) is 1. The average Bonchev–Trinajstić information content (AvgIpc) is 3.32. The quantitative estimate of drug-likeness (QED) is 0.219. The maximum atomic E-state index is 14.4. The SMILES string of the molecule is COC=CC1=CC[C@@H](C(C)=Cc2csc(C)n2)NC(=O)CC(O[Si](C)(C)C)C(C)(C)C(=O)C(C)C(O[Si](C)(C)C)C(C)CCC1. The highest BCUT2D eigenvalue weighted by atomic mass is 32.1. The minimum Gasteiger partial charge on any atom is -0.504 e. The first-order valence-electron chi connectivity index (χ1n) is 16.4. The number of hydrogen-bond donors (Lipinski definition) is 1. The molecule has 1 amide bonds. The van der Waals surface area contributed by atoms with Gasteiger partial charge in [-0.3, -0.25) is 9.59 Å². The number of aromatic nitrogens is 1. The lowest BCUT2D eigenvalue weighted by atomic mass is 9.73. The first-order chi connectivity index (χ1) is 20.7. The summed E-state index contributed by atoms with van der Waals surface area (Å²) in [6.45, 7) is 25.0. The zero-order valence-electron chi connectivity index (χ0n) is 30.2. The number of nitrogens with one attached hydrogen (secondary N) is 1. The Kier molecular flexibility index (Phi) is 14.7. The van der Waals surface area contributed by atoms with Crippen molar-refractivity contribution in [1.29, 1.82) is 0 Å². The van der Waals surface area contributed by atoms with Gasteiger partial charge in [-0.05, 0) is 108 Å². The fraction of sp³-hybridized carbons (Fsp3) is 0.686. The molecule has 1 aromatic heterocycles. The Labute approximate surface area is 279 Å². The lowest BCUT2D eigenvalue weighted by Crippen LogP contribution is -2.52. The minimum atomic E-state index is -2.12. The number of carbonyl (C=O) groups excluding carboxylic acids is 2. The molecule has 5 atom stereocenters. The molecule has 1 aromatic rings. The molecule has 0 radical (unpaired) electrons. The van der Waals surface area contributed by atoms with Gasteiger partial charge in [0, 0.05) is 16.7 Å². The number of rotatable bonds is 8. The zero-order valence-corrected chi connectivity index (χ0v) is 33.0. The van der Waals surface area contributed by atoms with Gasteiger partial charge in [-0.25, -0.2) is 4.98 Å². The third-order valence-corrected chi connectivity index (χ3v) is 11.1. The topological polar surface area (TPSA) is 86.8 Å². The Morgan fingerprint density at radius 2 is 1.73 bits per heavy atom. The summed E-state index contributed by atoms with van der Waals surface area (Å²) in [7, 11) is -2.43. The molecule has 0 saturated heterocycles. The maximum Gasteiger partial charge on any atom is 0.223 e. The van der Waals surface area contributed by atoms with Gasteiger partial charge in [-0.2, -0.15) is 0 Å². The van der Waals surface area contributed by atoms with Gasteiger partial charge in [-0.15, -0.1) is 11.3 Å². The third kappa shape index (κ3) is 13.0. The Hall–Kier alpha value is -1.86. The summed E-state index contributed by atoms with van der Waals surface area (Å²) in [5.41, 5.74) is 2.18. The van der Waals surface area contributed by atoms with Crippen LogP contribution in [0.3, 0.4) is 0 Å². The first kappa shape index (κ1) is 39.3. The maximum absolute atomic E-state index is 14.4. The van der Waals surface area contributed by atoms with Gasteiger partial charge < -0.3 is 18.9 Å². The molecule has 45 heavy (non-hydrogen) atoms. The molecule has 1 aliphatic rings. The van der Waals surface area contributed by atoms with E-state index < -0.39 is 28.2 Å². The third-order valence-electron chi connectivity index (χ3n) is 8.32. The molecule has 0 bridgehead atoms. The summed E-state index contributed by atoms with van der Waals surface area (Å²) in [5.74, 6) is -0.188. The van der Waals surface area contributed by atoms with Crippen LogP contribution in [0.25, 0.3) is 6.08 Å². The summed E-state index contributed by atoms with van der Waals surface area (Å²) in [6, 6.07) is -0.239. The number of Topliss-reactive ketones (excluding diaryl/α,β-unsaturated/α-hetero) is 1. The molecule has 0 aliphatic carbocycles. The van der Waals surface area contributed by atoms with Crippen LogP contribution in [0, 0.1) is 24.2 Å². The lowest BCUT2D eigenvalue weighted by Gasteiger charge is -2.42. The summed E-state index contributed by atoms with van der Waals surface area (Å²) in [5, 5.41) is 6.34. The lowest BCUT2D eigenvalue weighted by molar-refractivity contribution is -0.141. The molecule has 0 spiro atoms. The number of aryl methyl sites for hydroxylation is 1. The minimum absolute atomic E-state index is 0.0934. The van der Waals surface area contributed by atoms with Gasteiger partial charge in [0.1, 0.15) is 5.78 Å². The summed E-state index contributed by atoms with van der Waals surface area (Å²) in [6.07, 6.45) is 10.7. The molecule has 2 heterocycles. The average molecular weight is 677 g/mol. The summed E-state index contributed by atoms with van der Waals surface area (Å²) in [4.78, 5) is 32.9. The van der Waals surface area contributed by atoms with Gasteiger partial charge in [0.25, 0.3) is 0 Å². The van der Waals surface area contributed by atoms with Crippen molar-refractivity contribution in [1.82, 2.24) is 10.3 Å². The van der Waals surface area contributed by atoms with Gasteiger partial charge in [0.05, 0.1) is 48.7 Å². The molecule has 0 aromatic carbocycles. The van der Waals surface area contributed by atoms with Crippen molar-refractivity contribution in [3.05, 3.63) is 45.6 Å². The summed E-state index contributed by atoms with van der Waals surface area (Å²) >= 11 is 1.61. The largest absolute Gasteiger partial charge is 0.504 e. The van der Waals surface area contributed by atoms with Crippen LogP contribution in [0.4, 0.5) is 0 Å². The highest BCUT2D eigenvalue weighted by molar-refractivity contribution is 7.09. The van der Waals surface area contributed by atoms with Crippen molar-refractivity contribution in [3.63, 3.8) is 0 Å². The normalized spacial score (nSPS) is 26.9. The van der Waals surface area contributed by atoms with E-state index in [9.17, 15) is 9.59 Å². The number of allylic oxidation sites excluding steroid dienone is 2. The number of hydrogen-bond acceptors (Lipinski definition) is 7. The van der Waals surface area contributed by atoms with Crippen molar-refractivity contribution >= 4 is 45.7 Å².